The third-order valence-corrected chi connectivity index (χ3v) is 17.4. The van der Waals surface area contributed by atoms with Gasteiger partial charge in [-0.25, -0.2) is 0 Å². The average Bonchev–Trinajstić information content (AvgIpc) is 4.17. The summed E-state index contributed by atoms with van der Waals surface area (Å²) in [7, 11) is 0. The van der Waals surface area contributed by atoms with Crippen LogP contribution in [0.5, 0.6) is 0 Å². The minimum Gasteiger partial charge on any atom is -0.385 e. The first kappa shape index (κ1) is 41.3. The molecule has 15 rings (SSSR count). The van der Waals surface area contributed by atoms with E-state index in [1.165, 1.54) is 82.9 Å². The van der Waals surface area contributed by atoms with Crippen LogP contribution >= 0.6 is 0 Å². The van der Waals surface area contributed by atoms with Crippen LogP contribution in [0.3, 0.4) is 0 Å². The summed E-state index contributed by atoms with van der Waals surface area (Å²) in [5, 5.41) is 6.99. The molecular weight excluding hydrogens is 875 g/mol. The predicted molar refractivity (Wildman–Crippen MR) is 303 cm³/mol. The van der Waals surface area contributed by atoms with Crippen LogP contribution < -0.4 is 11.5 Å². The number of rotatable bonds is 4. The summed E-state index contributed by atoms with van der Waals surface area (Å²) < 4.78 is 6.94. The molecule has 0 radical (unpaired) electrons. The highest BCUT2D eigenvalue weighted by Crippen LogP contribution is 2.54. The Labute approximate surface area is 418 Å². The van der Waals surface area contributed by atoms with Crippen LogP contribution in [0.2, 0.25) is 0 Å². The van der Waals surface area contributed by atoms with Crippen molar-refractivity contribution in [2.45, 2.75) is 57.8 Å². The zero-order valence-corrected chi connectivity index (χ0v) is 41.4. The molecule has 4 N–H and O–H groups in total. The highest BCUT2D eigenvalue weighted by atomic mass is 15.1. The number of fused-ring (bicyclic) bond motifs is 18. The molecule has 0 aliphatic heterocycles. The van der Waals surface area contributed by atoms with E-state index < -0.39 is 0 Å². The summed E-state index contributed by atoms with van der Waals surface area (Å²) in [6, 6.07) is 67.3. The number of aromatic nitrogens is 3. The average molecular weight is 928 g/mol. The van der Waals surface area contributed by atoms with Gasteiger partial charge in [0.2, 0.25) is 0 Å². The van der Waals surface area contributed by atoms with Gasteiger partial charge in [0.25, 0.3) is 0 Å². The van der Waals surface area contributed by atoms with Crippen LogP contribution in [0.25, 0.3) is 116 Å². The van der Waals surface area contributed by atoms with Crippen molar-refractivity contribution in [2.24, 2.45) is 11.5 Å². The molecule has 72 heavy (non-hydrogen) atoms. The Hall–Kier alpha value is -8.54. The Kier molecular flexibility index (Phi) is 7.94. The lowest BCUT2D eigenvalue weighted by Gasteiger charge is -2.22. The van der Waals surface area contributed by atoms with Gasteiger partial charge in [-0.05, 0) is 121 Å². The van der Waals surface area contributed by atoms with Gasteiger partial charge in [0, 0.05) is 54.6 Å². The molecule has 5 nitrogen and oxygen atoms in total. The van der Waals surface area contributed by atoms with E-state index in [0.29, 0.717) is 11.6 Å². The number of allylic oxidation sites excluding steroid dienone is 2. The van der Waals surface area contributed by atoms with Crippen LogP contribution in [0, 0.1) is 0 Å². The van der Waals surface area contributed by atoms with E-state index in [2.05, 4.69) is 243 Å². The standard InChI is InChI=1S/C67H53N5/c1-65(2)50-25-13-7-19-38(50)44-34-59-47(31-53(44)65)41-22-10-16-28-56(41)70(59)62(64(69)72-58-30-18-12-24-43(58)49-33-55-46(36-61(49)72)40-21-9-15-27-52(40)67(55,5)6)37-63(68)71-57-29-17-11-23-42(57)48-32-54-45(35-60(48)71)39-20-8-14-26-51(39)66(54,3)4/h7-37H,68-69H2,1-6H3/b63-37+,64-62-. The summed E-state index contributed by atoms with van der Waals surface area (Å²) in [6.07, 6.45) is 2.15. The number of nitrogens with two attached hydrogens (primary N) is 2. The van der Waals surface area contributed by atoms with Crippen LogP contribution in [0.1, 0.15) is 74.9 Å². The van der Waals surface area contributed by atoms with Crippen LogP contribution in [0.4, 0.5) is 0 Å². The second-order valence-corrected chi connectivity index (χ2v) is 22.2. The molecular formula is C67H53N5. The van der Waals surface area contributed by atoms with Crippen molar-refractivity contribution < 1.29 is 0 Å². The second kappa shape index (κ2) is 13.9. The molecule has 0 fully saturated rings. The zero-order chi connectivity index (χ0) is 48.7. The Morgan fingerprint density at radius 1 is 0.319 bits per heavy atom. The largest absolute Gasteiger partial charge is 0.385 e. The molecule has 0 atom stereocenters. The normalized spacial score (nSPS) is 16.1. The molecule has 3 heterocycles. The first-order valence-electron chi connectivity index (χ1n) is 25.3. The van der Waals surface area contributed by atoms with E-state index in [1.807, 2.05) is 0 Å². The SMILES string of the molecule is CC1(C)c2ccccc2-c2cc3c(cc21)c1ccccc1n3/C(N)=C(/C=C(\N)n1c2ccccc2c2cc3c(cc21)-c1ccccc1C3(C)C)n1c2ccccc2c2cc3c(cc21)-c1ccccc1C3(C)C. The Bertz CT molecular complexity index is 4500. The summed E-state index contributed by atoms with van der Waals surface area (Å²) in [5.41, 5.74) is 38.1. The molecule has 12 aromatic rings. The Balaban J connectivity index is 1.08. The topological polar surface area (TPSA) is 66.8 Å². The van der Waals surface area contributed by atoms with Crippen LogP contribution in [-0.2, 0) is 16.2 Å². The number of benzene rings is 9. The van der Waals surface area contributed by atoms with Crippen molar-refractivity contribution in [3.05, 3.63) is 221 Å². The van der Waals surface area contributed by atoms with Gasteiger partial charge in [-0.2, -0.15) is 0 Å². The molecule has 0 bridgehead atoms. The van der Waals surface area contributed by atoms with Gasteiger partial charge in [-0.15, -0.1) is 0 Å². The van der Waals surface area contributed by atoms with E-state index in [0.717, 1.165) is 55.0 Å². The maximum atomic E-state index is 8.11. The first-order chi connectivity index (χ1) is 34.8. The lowest BCUT2D eigenvalue weighted by molar-refractivity contribution is 0.661. The van der Waals surface area contributed by atoms with Crippen LogP contribution in [0.15, 0.2) is 188 Å². The fraction of sp³-hybridized carbons (Fsp3) is 0.134. The second-order valence-electron chi connectivity index (χ2n) is 22.2. The number of nitrogens with zero attached hydrogens (tertiary/aromatic N) is 3. The molecule has 9 aromatic carbocycles. The third kappa shape index (κ3) is 5.12. The molecule has 3 aliphatic rings. The third-order valence-electron chi connectivity index (χ3n) is 17.4. The van der Waals surface area contributed by atoms with Crippen molar-refractivity contribution in [3.63, 3.8) is 0 Å². The Morgan fingerprint density at radius 2 is 0.639 bits per heavy atom. The maximum absolute atomic E-state index is 8.11. The quantitative estimate of drug-likeness (QED) is 0.173. The summed E-state index contributed by atoms with van der Waals surface area (Å²) in [6.45, 7) is 14.1. The van der Waals surface area contributed by atoms with Crippen molar-refractivity contribution in [1.29, 1.82) is 0 Å². The summed E-state index contributed by atoms with van der Waals surface area (Å²) in [5.74, 6) is 1.15. The molecule has 0 amide bonds. The highest BCUT2D eigenvalue weighted by Gasteiger charge is 2.39. The Morgan fingerprint density at radius 3 is 1.06 bits per heavy atom. The van der Waals surface area contributed by atoms with Gasteiger partial charge in [0.15, 0.2) is 0 Å². The molecule has 346 valence electrons. The fourth-order valence-corrected chi connectivity index (χ4v) is 13.9. The highest BCUT2D eigenvalue weighted by molar-refractivity contribution is 6.17. The number of para-hydroxylation sites is 3. The molecule has 0 saturated carbocycles. The predicted octanol–water partition coefficient (Wildman–Crippen LogP) is 16.1. The number of hydrogen-bond acceptors (Lipinski definition) is 2. The van der Waals surface area contributed by atoms with E-state index in [4.69, 9.17) is 11.5 Å². The van der Waals surface area contributed by atoms with Gasteiger partial charge in [-0.3, -0.25) is 9.13 Å². The number of hydrogen-bond donors (Lipinski definition) is 2. The maximum Gasteiger partial charge on any atom is 0.133 e. The summed E-state index contributed by atoms with van der Waals surface area (Å²) >= 11 is 0. The van der Waals surface area contributed by atoms with E-state index in [9.17, 15) is 0 Å². The zero-order valence-electron chi connectivity index (χ0n) is 41.4. The van der Waals surface area contributed by atoms with Crippen molar-refractivity contribution >= 4 is 82.8 Å². The molecule has 5 heteroatoms. The van der Waals surface area contributed by atoms with Crippen molar-refractivity contribution in [1.82, 2.24) is 13.7 Å². The molecule has 0 spiro atoms. The van der Waals surface area contributed by atoms with Gasteiger partial charge in [0.1, 0.15) is 11.6 Å². The fourth-order valence-electron chi connectivity index (χ4n) is 13.9. The molecule has 3 aromatic heterocycles. The summed E-state index contributed by atoms with van der Waals surface area (Å²) in [4.78, 5) is 0. The lowest BCUT2D eigenvalue weighted by Crippen LogP contribution is -2.16. The molecule has 0 unspecified atom stereocenters. The smallest absolute Gasteiger partial charge is 0.133 e. The van der Waals surface area contributed by atoms with Crippen LogP contribution in [-0.4, -0.2) is 13.7 Å². The van der Waals surface area contributed by atoms with Gasteiger partial charge >= 0.3 is 0 Å². The van der Waals surface area contributed by atoms with Crippen molar-refractivity contribution in [3.8, 4) is 33.4 Å². The van der Waals surface area contributed by atoms with E-state index >= 15 is 0 Å². The van der Waals surface area contributed by atoms with Gasteiger partial charge in [-0.1, -0.05) is 169 Å². The lowest BCUT2D eigenvalue weighted by atomic mass is 9.82. The minimum absolute atomic E-state index is 0.151. The minimum atomic E-state index is -0.172. The molecule has 0 saturated heterocycles. The van der Waals surface area contributed by atoms with Crippen molar-refractivity contribution in [2.75, 3.05) is 0 Å². The monoisotopic (exact) mass is 927 g/mol. The molecule has 3 aliphatic carbocycles. The van der Waals surface area contributed by atoms with Gasteiger partial charge < -0.3 is 16.0 Å². The first-order valence-corrected chi connectivity index (χ1v) is 25.3. The van der Waals surface area contributed by atoms with Gasteiger partial charge in [0.05, 0.1) is 38.8 Å². The van der Waals surface area contributed by atoms with E-state index in [-0.39, 0.29) is 16.2 Å². The van der Waals surface area contributed by atoms with E-state index in [1.54, 1.807) is 0 Å².